The van der Waals surface area contributed by atoms with Gasteiger partial charge in [0.1, 0.15) is 5.75 Å². The van der Waals surface area contributed by atoms with Gasteiger partial charge in [-0.25, -0.2) is 0 Å². The predicted octanol–water partition coefficient (Wildman–Crippen LogP) is 1.65. The maximum atomic E-state index is 12.8. The summed E-state index contributed by atoms with van der Waals surface area (Å²) in [6, 6.07) is 7.73. The maximum Gasteiger partial charge on any atom is 0.227 e. The molecule has 1 aliphatic heterocycles. The first-order valence-corrected chi connectivity index (χ1v) is 8.77. The number of carbonyl (C=O) groups is 1. The van der Waals surface area contributed by atoms with Gasteiger partial charge < -0.3 is 19.6 Å². The highest BCUT2D eigenvalue weighted by atomic mass is 16.5. The number of likely N-dealkylation sites (tertiary alicyclic amines) is 1. The van der Waals surface area contributed by atoms with Gasteiger partial charge in [-0.2, -0.15) is 0 Å². The Balaban J connectivity index is 2.05. The molecule has 5 heteroatoms. The Labute approximate surface area is 145 Å². The smallest absolute Gasteiger partial charge is 0.227 e. The van der Waals surface area contributed by atoms with Crippen molar-refractivity contribution in [3.8, 4) is 5.75 Å². The number of amides is 1. The van der Waals surface area contributed by atoms with Gasteiger partial charge in [-0.15, -0.1) is 0 Å². The summed E-state index contributed by atoms with van der Waals surface area (Å²) in [5.74, 6) is 1.49. The van der Waals surface area contributed by atoms with Crippen molar-refractivity contribution in [3.63, 3.8) is 0 Å². The molecule has 24 heavy (non-hydrogen) atoms. The highest BCUT2D eigenvalue weighted by molar-refractivity contribution is 5.79. The lowest BCUT2D eigenvalue weighted by Gasteiger charge is -2.38. The number of carbonyl (C=O) groups excluding carboxylic acids is 1. The molecular weight excluding hydrogens is 304 g/mol. The van der Waals surface area contributed by atoms with Crippen LogP contribution in [-0.2, 0) is 11.2 Å². The molecule has 1 aromatic rings. The summed E-state index contributed by atoms with van der Waals surface area (Å²) in [7, 11) is 4.10. The van der Waals surface area contributed by atoms with Gasteiger partial charge in [-0.05, 0) is 45.3 Å². The molecule has 1 fully saturated rings. The van der Waals surface area contributed by atoms with E-state index in [1.165, 1.54) is 0 Å². The second-order valence-electron chi connectivity index (χ2n) is 6.93. The molecule has 1 aliphatic rings. The van der Waals surface area contributed by atoms with Crippen LogP contribution in [0.15, 0.2) is 24.3 Å². The fourth-order valence-electron chi connectivity index (χ4n) is 3.52. The van der Waals surface area contributed by atoms with Crippen molar-refractivity contribution in [2.24, 2.45) is 11.8 Å². The summed E-state index contributed by atoms with van der Waals surface area (Å²) < 4.78 is 5.62. The molecule has 0 radical (unpaired) electrons. The van der Waals surface area contributed by atoms with Crippen LogP contribution in [0.4, 0.5) is 0 Å². The standard InChI is InChI=1S/C19H30N2O3/c1-4-24-18-8-6-5-7-17(18)10-19(23)21-12-15(11-20(2)3)9-16(13-21)14-22/h5-8,15-16,22H,4,9-14H2,1-3H3/t15-,16+/m0/s1. The summed E-state index contributed by atoms with van der Waals surface area (Å²) in [5.41, 5.74) is 0.930. The highest BCUT2D eigenvalue weighted by Gasteiger charge is 2.30. The van der Waals surface area contributed by atoms with Gasteiger partial charge in [0.2, 0.25) is 5.91 Å². The molecule has 2 rings (SSSR count). The number of rotatable bonds is 7. The summed E-state index contributed by atoms with van der Waals surface area (Å²) in [6.45, 7) is 5.03. The lowest BCUT2D eigenvalue weighted by Crippen LogP contribution is -2.47. The van der Waals surface area contributed by atoms with Gasteiger partial charge in [-0.3, -0.25) is 4.79 Å². The number of nitrogens with zero attached hydrogens (tertiary/aromatic N) is 2. The van der Waals surface area contributed by atoms with E-state index in [0.717, 1.165) is 30.8 Å². The van der Waals surface area contributed by atoms with E-state index < -0.39 is 0 Å². The normalized spacial score (nSPS) is 21.1. The van der Waals surface area contributed by atoms with E-state index in [1.807, 2.05) is 50.2 Å². The van der Waals surface area contributed by atoms with Crippen LogP contribution in [0.1, 0.15) is 18.9 Å². The minimum Gasteiger partial charge on any atom is -0.494 e. The largest absolute Gasteiger partial charge is 0.494 e. The number of aliphatic hydroxyl groups is 1. The Bertz CT molecular complexity index is 533. The van der Waals surface area contributed by atoms with Gasteiger partial charge >= 0.3 is 0 Å². The van der Waals surface area contributed by atoms with Crippen molar-refractivity contribution >= 4 is 5.91 Å². The first-order chi connectivity index (χ1) is 11.5. The van der Waals surface area contributed by atoms with E-state index in [2.05, 4.69) is 4.90 Å². The molecule has 1 heterocycles. The summed E-state index contributed by atoms with van der Waals surface area (Å²) in [5, 5.41) is 9.57. The second-order valence-corrected chi connectivity index (χ2v) is 6.93. The van der Waals surface area contributed by atoms with Crippen molar-refractivity contribution in [3.05, 3.63) is 29.8 Å². The zero-order chi connectivity index (χ0) is 17.5. The number of ether oxygens (including phenoxy) is 1. The van der Waals surface area contributed by atoms with Crippen molar-refractivity contribution in [1.82, 2.24) is 9.80 Å². The fraction of sp³-hybridized carbons (Fsp3) is 0.632. The van der Waals surface area contributed by atoms with Crippen molar-refractivity contribution in [2.75, 3.05) is 46.9 Å². The first kappa shape index (κ1) is 18.7. The summed E-state index contributed by atoms with van der Waals surface area (Å²) in [6.07, 6.45) is 1.33. The molecule has 2 atom stereocenters. The third-order valence-electron chi connectivity index (χ3n) is 4.47. The van der Waals surface area contributed by atoms with Crippen LogP contribution in [0.25, 0.3) is 0 Å². The molecule has 0 bridgehead atoms. The molecule has 5 nitrogen and oxygen atoms in total. The lowest BCUT2D eigenvalue weighted by molar-refractivity contribution is -0.134. The van der Waals surface area contributed by atoms with E-state index in [-0.39, 0.29) is 18.4 Å². The third kappa shape index (κ3) is 5.21. The molecular formula is C19H30N2O3. The quantitative estimate of drug-likeness (QED) is 0.824. The molecule has 0 aromatic heterocycles. The maximum absolute atomic E-state index is 12.8. The molecule has 1 amide bonds. The van der Waals surface area contributed by atoms with Crippen LogP contribution in [0.5, 0.6) is 5.75 Å². The molecule has 0 aliphatic carbocycles. The average Bonchev–Trinajstić information content (AvgIpc) is 2.56. The second kappa shape index (κ2) is 9.04. The van der Waals surface area contributed by atoms with Crippen molar-refractivity contribution in [1.29, 1.82) is 0 Å². The Hall–Kier alpha value is -1.59. The number of hydrogen-bond donors (Lipinski definition) is 1. The van der Waals surface area contributed by atoms with Gasteiger partial charge in [0.05, 0.1) is 13.0 Å². The lowest BCUT2D eigenvalue weighted by atomic mass is 9.89. The summed E-state index contributed by atoms with van der Waals surface area (Å²) in [4.78, 5) is 16.9. The first-order valence-electron chi connectivity index (χ1n) is 8.77. The number of benzene rings is 1. The van der Waals surface area contributed by atoms with Gasteiger partial charge in [0.25, 0.3) is 0 Å². The molecule has 134 valence electrons. The highest BCUT2D eigenvalue weighted by Crippen LogP contribution is 2.24. The van der Waals surface area contributed by atoms with E-state index in [0.29, 0.717) is 25.5 Å². The van der Waals surface area contributed by atoms with Gasteiger partial charge in [0.15, 0.2) is 0 Å². The molecule has 1 aromatic carbocycles. The number of piperidine rings is 1. The van der Waals surface area contributed by atoms with Crippen LogP contribution in [0.2, 0.25) is 0 Å². The molecule has 1 N–H and O–H groups in total. The van der Waals surface area contributed by atoms with Gasteiger partial charge in [0, 0.05) is 31.8 Å². The average molecular weight is 334 g/mol. The number of aliphatic hydroxyl groups excluding tert-OH is 1. The van der Waals surface area contributed by atoms with E-state index >= 15 is 0 Å². The SMILES string of the molecule is CCOc1ccccc1CC(=O)N1C[C@H](CO)C[C@@H](CN(C)C)C1. The molecule has 0 spiro atoms. The number of hydrogen-bond acceptors (Lipinski definition) is 4. The topological polar surface area (TPSA) is 53.0 Å². The number of para-hydroxylation sites is 1. The Morgan fingerprint density at radius 1 is 1.29 bits per heavy atom. The van der Waals surface area contributed by atoms with Crippen LogP contribution in [-0.4, -0.2) is 67.8 Å². The minimum absolute atomic E-state index is 0.115. The van der Waals surface area contributed by atoms with Crippen LogP contribution in [0.3, 0.4) is 0 Å². The zero-order valence-electron chi connectivity index (χ0n) is 15.1. The summed E-state index contributed by atoms with van der Waals surface area (Å²) >= 11 is 0. The third-order valence-corrected chi connectivity index (χ3v) is 4.47. The molecule has 0 unspecified atom stereocenters. The predicted molar refractivity (Wildman–Crippen MR) is 95.1 cm³/mol. The van der Waals surface area contributed by atoms with E-state index in [9.17, 15) is 9.90 Å². The van der Waals surface area contributed by atoms with Crippen molar-refractivity contribution < 1.29 is 14.6 Å². The van der Waals surface area contributed by atoms with Crippen molar-refractivity contribution in [2.45, 2.75) is 19.8 Å². The molecule has 0 saturated carbocycles. The van der Waals surface area contributed by atoms with Gasteiger partial charge in [-0.1, -0.05) is 18.2 Å². The Morgan fingerprint density at radius 2 is 2.00 bits per heavy atom. The van der Waals surface area contributed by atoms with Crippen LogP contribution in [0, 0.1) is 11.8 Å². The fourth-order valence-corrected chi connectivity index (χ4v) is 3.52. The Morgan fingerprint density at radius 3 is 2.67 bits per heavy atom. The Kier molecular flexibility index (Phi) is 7.06. The zero-order valence-corrected chi connectivity index (χ0v) is 15.1. The molecule has 1 saturated heterocycles. The minimum atomic E-state index is 0.115. The monoisotopic (exact) mass is 334 g/mol. The van der Waals surface area contributed by atoms with E-state index in [1.54, 1.807) is 0 Å². The van der Waals surface area contributed by atoms with Crippen LogP contribution >= 0.6 is 0 Å². The van der Waals surface area contributed by atoms with E-state index in [4.69, 9.17) is 4.74 Å². The van der Waals surface area contributed by atoms with Crippen LogP contribution < -0.4 is 4.74 Å².